The molecule has 0 saturated heterocycles. The highest BCUT2D eigenvalue weighted by Crippen LogP contribution is 2.07. The molecule has 0 saturated carbocycles. The largest absolute Gasteiger partial charge is 0.399 e. The van der Waals surface area contributed by atoms with Crippen molar-refractivity contribution in [2.45, 2.75) is 0 Å². The van der Waals surface area contributed by atoms with Crippen LogP contribution in [0.15, 0.2) is 41.4 Å². The molecule has 1 aromatic carbocycles. The minimum absolute atomic E-state index is 0.164. The number of hydrogen-bond donors (Lipinski definition) is 2. The monoisotopic (exact) mass is 280 g/mol. The van der Waals surface area contributed by atoms with Crippen molar-refractivity contribution in [3.63, 3.8) is 0 Å². The summed E-state index contributed by atoms with van der Waals surface area (Å²) in [6, 6.07) is 7.32. The number of amides is 1. The number of benzene rings is 1. The Morgan fingerprint density at radius 1 is 1.56 bits per heavy atom. The van der Waals surface area contributed by atoms with Gasteiger partial charge in [-0.2, -0.15) is 0 Å². The smallest absolute Gasteiger partial charge is 0.244 e. The van der Waals surface area contributed by atoms with Gasteiger partial charge in [0.05, 0.1) is 0 Å². The number of carbonyl (C=O) groups excluding carboxylic acids is 1. The van der Waals surface area contributed by atoms with Crippen molar-refractivity contribution in [2.75, 3.05) is 12.3 Å². The number of hydrogen-bond acceptors (Lipinski definition) is 2. The van der Waals surface area contributed by atoms with Crippen LogP contribution in [0.3, 0.4) is 0 Å². The van der Waals surface area contributed by atoms with E-state index in [4.69, 9.17) is 5.73 Å². The highest BCUT2D eigenvalue weighted by Gasteiger charge is 1.95. The molecule has 1 aromatic rings. The van der Waals surface area contributed by atoms with Gasteiger partial charge in [-0.25, -0.2) is 0 Å². The van der Waals surface area contributed by atoms with Gasteiger partial charge in [0.1, 0.15) is 0 Å². The van der Waals surface area contributed by atoms with E-state index in [1.54, 1.807) is 18.2 Å². The molecule has 0 fully saturated rings. The summed E-state index contributed by atoms with van der Waals surface area (Å²) in [5, 5.41) is 2.66. The normalized spacial score (nSPS) is 10.3. The zero-order valence-corrected chi connectivity index (χ0v) is 10.3. The summed E-state index contributed by atoms with van der Waals surface area (Å²) in [7, 11) is 0. The number of anilines is 1. The lowest BCUT2D eigenvalue weighted by molar-refractivity contribution is -0.116. The second-order valence-corrected chi connectivity index (χ2v) is 4.36. The van der Waals surface area contributed by atoms with Crippen LogP contribution in [-0.2, 0) is 4.79 Å². The lowest BCUT2D eigenvalue weighted by Crippen LogP contribution is -2.21. The molecule has 0 radical (unpaired) electrons. The van der Waals surface area contributed by atoms with E-state index >= 15 is 0 Å². The molecule has 0 atom stereocenters. The van der Waals surface area contributed by atoms with Gasteiger partial charge in [-0.1, -0.05) is 34.6 Å². The van der Waals surface area contributed by atoms with Gasteiger partial charge >= 0.3 is 0 Å². The number of nitrogens with one attached hydrogen (secondary N) is 1. The highest BCUT2D eigenvalue weighted by atomic mass is 79.9. The van der Waals surface area contributed by atoms with Crippen LogP contribution in [0.1, 0.15) is 5.56 Å². The number of nitrogens with two attached hydrogens (primary N) is 1. The molecule has 16 heavy (non-hydrogen) atoms. The van der Waals surface area contributed by atoms with Crippen molar-refractivity contribution in [1.29, 1.82) is 0 Å². The topological polar surface area (TPSA) is 55.1 Å². The van der Waals surface area contributed by atoms with Crippen molar-refractivity contribution in [3.05, 3.63) is 47.0 Å². The van der Waals surface area contributed by atoms with Crippen LogP contribution in [0.2, 0.25) is 0 Å². The molecule has 0 bridgehead atoms. The predicted octanol–water partition coefficient (Wildman–Crippen LogP) is 2.31. The third-order valence-corrected chi connectivity index (χ3v) is 2.07. The summed E-state index contributed by atoms with van der Waals surface area (Å²) in [5.74, 6) is -0.164. The second-order valence-electron chi connectivity index (χ2n) is 3.24. The predicted molar refractivity (Wildman–Crippen MR) is 71.0 cm³/mol. The van der Waals surface area contributed by atoms with Crippen LogP contribution in [0.25, 0.3) is 6.08 Å². The SMILES string of the molecule is C=C(Br)CNC(=O)/C=C/c1cccc(N)c1. The lowest BCUT2D eigenvalue weighted by Gasteiger charge is -1.99. The van der Waals surface area contributed by atoms with Crippen molar-refractivity contribution in [3.8, 4) is 0 Å². The standard InChI is InChI=1S/C12H13BrN2O/c1-9(13)8-15-12(16)6-5-10-3-2-4-11(14)7-10/h2-7H,1,8,14H2,(H,15,16)/b6-5+. The Labute approximate surface area is 103 Å². The van der Waals surface area contributed by atoms with E-state index in [-0.39, 0.29) is 5.91 Å². The Morgan fingerprint density at radius 2 is 2.31 bits per heavy atom. The molecule has 0 heterocycles. The Bertz CT molecular complexity index is 427. The lowest BCUT2D eigenvalue weighted by atomic mass is 10.2. The van der Waals surface area contributed by atoms with Crippen molar-refractivity contribution >= 4 is 33.6 Å². The Hall–Kier alpha value is -1.55. The van der Waals surface area contributed by atoms with Gasteiger partial charge in [-0.15, -0.1) is 0 Å². The molecule has 0 spiro atoms. The van der Waals surface area contributed by atoms with Gasteiger partial charge in [0.2, 0.25) is 5.91 Å². The summed E-state index contributed by atoms with van der Waals surface area (Å²) in [6.45, 7) is 4.04. The van der Waals surface area contributed by atoms with E-state index < -0.39 is 0 Å². The first-order valence-corrected chi connectivity index (χ1v) is 5.52. The van der Waals surface area contributed by atoms with Crippen LogP contribution in [0.5, 0.6) is 0 Å². The molecule has 3 N–H and O–H groups in total. The van der Waals surface area contributed by atoms with Gasteiger partial charge in [-0.3, -0.25) is 4.79 Å². The van der Waals surface area contributed by atoms with Crippen molar-refractivity contribution in [1.82, 2.24) is 5.32 Å². The van der Waals surface area contributed by atoms with E-state index in [2.05, 4.69) is 27.8 Å². The number of rotatable bonds is 4. The fourth-order valence-electron chi connectivity index (χ4n) is 1.08. The first kappa shape index (κ1) is 12.5. The summed E-state index contributed by atoms with van der Waals surface area (Å²) < 4.78 is 0.734. The zero-order valence-electron chi connectivity index (χ0n) is 8.74. The third-order valence-electron chi connectivity index (χ3n) is 1.79. The minimum Gasteiger partial charge on any atom is -0.399 e. The van der Waals surface area contributed by atoms with Gasteiger partial charge in [0, 0.05) is 22.8 Å². The maximum absolute atomic E-state index is 11.3. The van der Waals surface area contributed by atoms with E-state index in [0.717, 1.165) is 10.0 Å². The maximum atomic E-state index is 11.3. The fraction of sp³-hybridized carbons (Fsp3) is 0.0833. The van der Waals surface area contributed by atoms with E-state index in [1.807, 2.05) is 12.1 Å². The molecular formula is C12H13BrN2O. The van der Waals surface area contributed by atoms with Crippen molar-refractivity contribution < 1.29 is 4.79 Å². The molecule has 4 heteroatoms. The van der Waals surface area contributed by atoms with E-state index in [1.165, 1.54) is 6.08 Å². The first-order valence-electron chi connectivity index (χ1n) is 4.72. The van der Waals surface area contributed by atoms with Crippen molar-refractivity contribution in [2.24, 2.45) is 0 Å². The quantitative estimate of drug-likeness (QED) is 0.657. The molecule has 3 nitrogen and oxygen atoms in total. The van der Waals surface area contributed by atoms with Gasteiger partial charge in [0.15, 0.2) is 0 Å². The third kappa shape index (κ3) is 4.79. The molecular weight excluding hydrogens is 268 g/mol. The Kier molecular flexibility index (Phi) is 4.79. The van der Waals surface area contributed by atoms with Crippen LogP contribution in [0.4, 0.5) is 5.69 Å². The van der Waals surface area contributed by atoms with Crippen LogP contribution in [0, 0.1) is 0 Å². The molecule has 0 unspecified atom stereocenters. The molecule has 0 aliphatic rings. The highest BCUT2D eigenvalue weighted by molar-refractivity contribution is 9.11. The summed E-state index contributed by atoms with van der Waals surface area (Å²) in [6.07, 6.45) is 3.17. The maximum Gasteiger partial charge on any atom is 0.244 e. The van der Waals surface area contributed by atoms with E-state index in [9.17, 15) is 4.79 Å². The fourth-order valence-corrected chi connectivity index (χ4v) is 1.22. The second kappa shape index (κ2) is 6.12. The number of halogens is 1. The Morgan fingerprint density at radius 3 is 2.94 bits per heavy atom. The minimum atomic E-state index is -0.164. The molecule has 0 aliphatic carbocycles. The molecule has 0 aliphatic heterocycles. The number of nitrogen functional groups attached to an aromatic ring is 1. The summed E-state index contributed by atoms with van der Waals surface area (Å²) in [4.78, 5) is 11.3. The average Bonchev–Trinajstić information content (AvgIpc) is 2.23. The van der Waals surface area contributed by atoms with Crippen LogP contribution >= 0.6 is 15.9 Å². The number of carbonyl (C=O) groups is 1. The molecule has 1 amide bonds. The first-order chi connectivity index (χ1) is 7.58. The summed E-state index contributed by atoms with van der Waals surface area (Å²) in [5.41, 5.74) is 7.18. The molecule has 84 valence electrons. The van der Waals surface area contributed by atoms with Crippen LogP contribution in [-0.4, -0.2) is 12.5 Å². The van der Waals surface area contributed by atoms with Gasteiger partial charge in [-0.05, 0) is 23.8 Å². The van der Waals surface area contributed by atoms with E-state index in [0.29, 0.717) is 12.2 Å². The van der Waals surface area contributed by atoms with Crippen LogP contribution < -0.4 is 11.1 Å². The van der Waals surface area contributed by atoms with Gasteiger partial charge in [0.25, 0.3) is 0 Å². The molecule has 1 rings (SSSR count). The zero-order chi connectivity index (χ0) is 12.0. The molecule has 0 aromatic heterocycles. The van der Waals surface area contributed by atoms with Gasteiger partial charge < -0.3 is 11.1 Å². The Balaban J connectivity index is 2.53. The summed E-state index contributed by atoms with van der Waals surface area (Å²) >= 11 is 3.16. The average molecular weight is 281 g/mol.